The van der Waals surface area contributed by atoms with Gasteiger partial charge in [0.1, 0.15) is 11.3 Å². The molecule has 9 heteroatoms. The molecule has 0 spiro atoms. The van der Waals surface area contributed by atoms with Crippen LogP contribution in [0.25, 0.3) is 16.6 Å². The van der Waals surface area contributed by atoms with Gasteiger partial charge in [-0.1, -0.05) is 6.07 Å². The molecule has 0 bridgehead atoms. The molecule has 4 aromatic rings. The fraction of sp³-hybridized carbons (Fsp3) is 0.368. The van der Waals surface area contributed by atoms with Crippen molar-refractivity contribution in [2.24, 2.45) is 7.05 Å². The Bertz CT molecular complexity index is 1170. The van der Waals surface area contributed by atoms with Crippen molar-refractivity contribution in [3.05, 3.63) is 42.0 Å². The number of nitrogens with two attached hydrogens (primary N) is 1. The Morgan fingerprint density at radius 2 is 2.18 bits per heavy atom. The van der Waals surface area contributed by atoms with Crippen LogP contribution in [0.5, 0.6) is 5.75 Å². The molecule has 3 aromatic heterocycles. The van der Waals surface area contributed by atoms with Crippen molar-refractivity contribution >= 4 is 22.5 Å². The Morgan fingerprint density at radius 3 is 2.96 bits per heavy atom. The van der Waals surface area contributed by atoms with Crippen LogP contribution in [0.2, 0.25) is 0 Å². The largest absolute Gasteiger partial charge is 0.494 e. The number of hydrogen-bond donors (Lipinski definition) is 1. The average molecular weight is 379 g/mol. The third-order valence-corrected chi connectivity index (χ3v) is 5.27. The van der Waals surface area contributed by atoms with E-state index in [2.05, 4.69) is 15.2 Å². The molecule has 1 fully saturated rings. The molecule has 144 valence electrons. The Kier molecular flexibility index (Phi) is 3.90. The summed E-state index contributed by atoms with van der Waals surface area (Å²) in [5.74, 6) is 1.90. The molecule has 1 aliphatic rings. The summed E-state index contributed by atoms with van der Waals surface area (Å²) in [7, 11) is 3.52. The highest BCUT2D eigenvalue weighted by molar-refractivity contribution is 5.95. The summed E-state index contributed by atoms with van der Waals surface area (Å²) in [6.45, 7) is 0.655. The average Bonchev–Trinajstić information content (AvgIpc) is 3.35. The molecule has 5 rings (SSSR count). The number of aromatic nitrogens is 6. The van der Waals surface area contributed by atoms with Crippen LogP contribution in [-0.4, -0.2) is 43.1 Å². The standard InChI is InChI=1S/C19H21N7O2/c1-25-10-12(9-21-25)15-8-11(6-7-28-15)17-23-18-13-4-3-5-14(27-2)16(13)22-19(20)26(18)24-17/h3-5,9-11,15H,6-8H2,1-2H3,(H2,20,22)/t11-,15-/m0/s1. The summed E-state index contributed by atoms with van der Waals surface area (Å²) in [4.78, 5) is 9.31. The topological polar surface area (TPSA) is 105 Å². The Hall–Kier alpha value is -3.20. The quantitative estimate of drug-likeness (QED) is 0.582. The molecule has 28 heavy (non-hydrogen) atoms. The molecule has 1 aromatic carbocycles. The monoisotopic (exact) mass is 379 g/mol. The van der Waals surface area contributed by atoms with Gasteiger partial charge in [-0.25, -0.2) is 9.97 Å². The lowest BCUT2D eigenvalue weighted by Crippen LogP contribution is -2.19. The van der Waals surface area contributed by atoms with E-state index in [-0.39, 0.29) is 12.0 Å². The molecule has 4 heterocycles. The van der Waals surface area contributed by atoms with Gasteiger partial charge in [-0.05, 0) is 25.0 Å². The zero-order chi connectivity index (χ0) is 19.3. The second kappa shape index (κ2) is 6.45. The lowest BCUT2D eigenvalue weighted by molar-refractivity contribution is 0.00396. The Balaban J connectivity index is 1.56. The second-order valence-electron chi connectivity index (χ2n) is 7.06. The molecular weight excluding hydrogens is 358 g/mol. The first-order chi connectivity index (χ1) is 13.6. The number of benzene rings is 1. The molecule has 1 aliphatic heterocycles. The van der Waals surface area contributed by atoms with E-state index < -0.39 is 0 Å². The SMILES string of the molecule is COc1cccc2c1nc(N)n1nc([C@H]3CCO[C@H](c4cnn(C)c4)C3)nc21. The summed E-state index contributed by atoms with van der Waals surface area (Å²) < 4.78 is 14.8. The van der Waals surface area contributed by atoms with Gasteiger partial charge in [-0.2, -0.15) is 9.61 Å². The minimum Gasteiger partial charge on any atom is -0.494 e. The number of fused-ring (bicyclic) bond motifs is 3. The normalized spacial score (nSPS) is 20.1. The van der Waals surface area contributed by atoms with Crippen LogP contribution in [0.4, 0.5) is 5.95 Å². The van der Waals surface area contributed by atoms with Gasteiger partial charge in [0.15, 0.2) is 11.5 Å². The number of rotatable bonds is 3. The number of aryl methyl sites for hydroxylation is 1. The van der Waals surface area contributed by atoms with Crippen molar-refractivity contribution in [3.8, 4) is 5.75 Å². The lowest BCUT2D eigenvalue weighted by Gasteiger charge is -2.27. The van der Waals surface area contributed by atoms with E-state index in [1.165, 1.54) is 0 Å². The van der Waals surface area contributed by atoms with Crippen LogP contribution in [0, 0.1) is 0 Å². The van der Waals surface area contributed by atoms with E-state index in [1.54, 1.807) is 16.3 Å². The molecular formula is C19H21N7O2. The summed E-state index contributed by atoms with van der Waals surface area (Å²) in [5, 5.41) is 9.79. The molecule has 0 amide bonds. The minimum absolute atomic E-state index is 0.00799. The van der Waals surface area contributed by atoms with Gasteiger partial charge in [0.2, 0.25) is 5.95 Å². The first-order valence-corrected chi connectivity index (χ1v) is 9.23. The number of para-hydroxylation sites is 1. The smallest absolute Gasteiger partial charge is 0.223 e. The number of anilines is 1. The number of hydrogen-bond acceptors (Lipinski definition) is 7. The maximum atomic E-state index is 6.17. The fourth-order valence-electron chi connectivity index (χ4n) is 3.85. The third-order valence-electron chi connectivity index (χ3n) is 5.27. The number of nitrogens with zero attached hydrogens (tertiary/aromatic N) is 6. The van der Waals surface area contributed by atoms with Crippen LogP contribution in [0.15, 0.2) is 30.6 Å². The highest BCUT2D eigenvalue weighted by Gasteiger charge is 2.29. The van der Waals surface area contributed by atoms with Gasteiger partial charge >= 0.3 is 0 Å². The summed E-state index contributed by atoms with van der Waals surface area (Å²) >= 11 is 0. The van der Waals surface area contributed by atoms with Crippen molar-refractivity contribution in [2.45, 2.75) is 24.9 Å². The summed E-state index contributed by atoms with van der Waals surface area (Å²) in [5.41, 5.74) is 8.63. The molecule has 0 aliphatic carbocycles. The lowest BCUT2D eigenvalue weighted by atomic mass is 9.92. The number of methoxy groups -OCH3 is 1. The molecule has 0 radical (unpaired) electrons. The molecule has 0 unspecified atom stereocenters. The molecule has 2 atom stereocenters. The molecule has 0 saturated carbocycles. The van der Waals surface area contributed by atoms with Gasteiger partial charge in [-0.15, -0.1) is 5.10 Å². The molecule has 9 nitrogen and oxygen atoms in total. The van der Waals surface area contributed by atoms with Gasteiger partial charge in [0.25, 0.3) is 0 Å². The summed E-state index contributed by atoms with van der Waals surface area (Å²) in [6.07, 6.45) is 5.50. The Morgan fingerprint density at radius 1 is 1.29 bits per heavy atom. The van der Waals surface area contributed by atoms with Gasteiger partial charge in [-0.3, -0.25) is 4.68 Å². The van der Waals surface area contributed by atoms with Crippen LogP contribution in [-0.2, 0) is 11.8 Å². The van der Waals surface area contributed by atoms with Crippen LogP contribution in [0.1, 0.15) is 36.3 Å². The zero-order valence-corrected chi connectivity index (χ0v) is 15.7. The number of ether oxygens (including phenoxy) is 2. The van der Waals surface area contributed by atoms with Crippen LogP contribution >= 0.6 is 0 Å². The van der Waals surface area contributed by atoms with Gasteiger partial charge in [0.05, 0.1) is 19.4 Å². The van der Waals surface area contributed by atoms with Gasteiger partial charge < -0.3 is 15.2 Å². The Labute approximate surface area is 161 Å². The maximum absolute atomic E-state index is 6.17. The summed E-state index contributed by atoms with van der Waals surface area (Å²) in [6, 6.07) is 5.74. The predicted octanol–water partition coefficient (Wildman–Crippen LogP) is 2.24. The van der Waals surface area contributed by atoms with Gasteiger partial charge in [0, 0.05) is 36.7 Å². The van der Waals surface area contributed by atoms with Crippen LogP contribution in [0.3, 0.4) is 0 Å². The highest BCUT2D eigenvalue weighted by Crippen LogP contribution is 2.37. The van der Waals surface area contributed by atoms with E-state index in [4.69, 9.17) is 20.2 Å². The van der Waals surface area contributed by atoms with E-state index >= 15 is 0 Å². The molecule has 1 saturated heterocycles. The van der Waals surface area contributed by atoms with Crippen molar-refractivity contribution < 1.29 is 9.47 Å². The first-order valence-electron chi connectivity index (χ1n) is 9.23. The van der Waals surface area contributed by atoms with Crippen molar-refractivity contribution in [1.82, 2.24) is 29.4 Å². The first kappa shape index (κ1) is 16.9. The van der Waals surface area contributed by atoms with Crippen molar-refractivity contribution in [1.29, 1.82) is 0 Å². The van der Waals surface area contributed by atoms with Crippen molar-refractivity contribution in [2.75, 3.05) is 19.5 Å². The van der Waals surface area contributed by atoms with E-state index in [0.717, 1.165) is 29.6 Å². The van der Waals surface area contributed by atoms with Crippen LogP contribution < -0.4 is 10.5 Å². The fourth-order valence-corrected chi connectivity index (χ4v) is 3.85. The van der Waals surface area contributed by atoms with Crippen molar-refractivity contribution in [3.63, 3.8) is 0 Å². The molecule has 2 N–H and O–H groups in total. The number of nitrogen functional groups attached to an aromatic ring is 1. The van der Waals surface area contributed by atoms with E-state index in [0.29, 0.717) is 29.5 Å². The third kappa shape index (κ3) is 2.66. The highest BCUT2D eigenvalue weighted by atomic mass is 16.5. The zero-order valence-electron chi connectivity index (χ0n) is 15.7. The maximum Gasteiger partial charge on any atom is 0.223 e. The predicted molar refractivity (Wildman–Crippen MR) is 103 cm³/mol. The van der Waals surface area contributed by atoms with E-state index in [1.807, 2.05) is 37.6 Å². The minimum atomic E-state index is -0.00799. The van der Waals surface area contributed by atoms with E-state index in [9.17, 15) is 0 Å². The second-order valence-corrected chi connectivity index (χ2v) is 7.06.